The molecule has 0 unspecified atom stereocenters. The van der Waals surface area contributed by atoms with E-state index < -0.39 is 23.5 Å². The number of rotatable bonds is 7. The fourth-order valence-corrected chi connectivity index (χ4v) is 3.62. The maximum atomic E-state index is 14.0. The molecule has 1 aliphatic heterocycles. The normalized spacial score (nSPS) is 18.3. The van der Waals surface area contributed by atoms with Crippen LogP contribution in [0.1, 0.15) is 23.6 Å². The van der Waals surface area contributed by atoms with Gasteiger partial charge in [-0.3, -0.25) is 9.59 Å². The average Bonchev–Trinajstić information content (AvgIpc) is 2.98. The highest BCUT2D eigenvalue weighted by molar-refractivity contribution is 6.46. The van der Waals surface area contributed by atoms with E-state index in [1.807, 2.05) is 19.0 Å². The maximum Gasteiger partial charge on any atom is 0.295 e. The average molecular weight is 412 g/mol. The van der Waals surface area contributed by atoms with Crippen LogP contribution in [0.4, 0.5) is 4.39 Å². The SMILES string of the molecule is COc1cccc(/C(O)=C2\C(=O)C(=O)N(CCCN(C)C)[C@H]2c2cccc(F)c2)c1. The lowest BCUT2D eigenvalue weighted by Gasteiger charge is -2.26. The van der Waals surface area contributed by atoms with E-state index in [1.54, 1.807) is 30.3 Å². The van der Waals surface area contributed by atoms with Crippen molar-refractivity contribution in [1.29, 1.82) is 0 Å². The van der Waals surface area contributed by atoms with E-state index in [2.05, 4.69) is 0 Å². The molecule has 7 heteroatoms. The highest BCUT2D eigenvalue weighted by Crippen LogP contribution is 2.39. The van der Waals surface area contributed by atoms with E-state index in [0.717, 1.165) is 6.54 Å². The van der Waals surface area contributed by atoms with Crippen LogP contribution in [0.2, 0.25) is 0 Å². The van der Waals surface area contributed by atoms with Crippen molar-refractivity contribution in [3.63, 3.8) is 0 Å². The molecule has 0 saturated carbocycles. The van der Waals surface area contributed by atoms with Gasteiger partial charge in [-0.15, -0.1) is 0 Å². The fourth-order valence-electron chi connectivity index (χ4n) is 3.62. The monoisotopic (exact) mass is 412 g/mol. The van der Waals surface area contributed by atoms with Crippen LogP contribution in [-0.2, 0) is 9.59 Å². The number of carbonyl (C=O) groups is 2. The zero-order valence-corrected chi connectivity index (χ0v) is 17.3. The molecule has 6 nitrogen and oxygen atoms in total. The molecular formula is C23H25FN2O4. The van der Waals surface area contributed by atoms with Crippen LogP contribution in [-0.4, -0.2) is 60.9 Å². The summed E-state index contributed by atoms with van der Waals surface area (Å²) in [6.07, 6.45) is 0.630. The second-order valence-corrected chi connectivity index (χ2v) is 7.44. The molecule has 1 aliphatic rings. The van der Waals surface area contributed by atoms with Crippen LogP contribution in [0, 0.1) is 5.82 Å². The summed E-state index contributed by atoms with van der Waals surface area (Å²) in [5.74, 6) is -1.77. The topological polar surface area (TPSA) is 70.1 Å². The Balaban J connectivity index is 2.11. The number of nitrogens with zero attached hydrogens (tertiary/aromatic N) is 2. The smallest absolute Gasteiger partial charge is 0.295 e. The summed E-state index contributed by atoms with van der Waals surface area (Å²) in [4.78, 5) is 29.1. The van der Waals surface area contributed by atoms with Crippen molar-refractivity contribution in [1.82, 2.24) is 9.80 Å². The first-order valence-corrected chi connectivity index (χ1v) is 9.66. The van der Waals surface area contributed by atoms with Crippen molar-refractivity contribution in [3.05, 3.63) is 71.0 Å². The number of carbonyl (C=O) groups excluding carboxylic acids is 2. The number of methoxy groups -OCH3 is 1. The zero-order chi connectivity index (χ0) is 21.8. The van der Waals surface area contributed by atoms with E-state index >= 15 is 0 Å². The Kier molecular flexibility index (Phi) is 6.52. The van der Waals surface area contributed by atoms with Gasteiger partial charge in [0, 0.05) is 12.1 Å². The molecule has 158 valence electrons. The molecule has 1 saturated heterocycles. The molecule has 0 aromatic heterocycles. The third-order valence-corrected chi connectivity index (χ3v) is 5.05. The number of halogens is 1. The minimum absolute atomic E-state index is 0.0521. The molecule has 1 heterocycles. The van der Waals surface area contributed by atoms with Gasteiger partial charge >= 0.3 is 0 Å². The summed E-state index contributed by atoms with van der Waals surface area (Å²) < 4.78 is 19.1. The first kappa shape index (κ1) is 21.5. The van der Waals surface area contributed by atoms with Gasteiger partial charge in [-0.1, -0.05) is 24.3 Å². The molecule has 1 amide bonds. The van der Waals surface area contributed by atoms with Gasteiger partial charge in [0.15, 0.2) is 0 Å². The third-order valence-electron chi connectivity index (χ3n) is 5.05. The lowest BCUT2D eigenvalue weighted by Crippen LogP contribution is -2.32. The second-order valence-electron chi connectivity index (χ2n) is 7.44. The number of hydrogen-bond donors (Lipinski definition) is 1. The van der Waals surface area contributed by atoms with Crippen molar-refractivity contribution in [2.24, 2.45) is 0 Å². The van der Waals surface area contributed by atoms with Crippen LogP contribution in [0.25, 0.3) is 5.76 Å². The number of aliphatic hydroxyl groups excluding tert-OH is 1. The minimum Gasteiger partial charge on any atom is -0.507 e. The predicted molar refractivity (Wildman–Crippen MR) is 112 cm³/mol. The number of aliphatic hydroxyl groups is 1. The number of ketones is 1. The van der Waals surface area contributed by atoms with E-state index in [-0.39, 0.29) is 11.3 Å². The molecule has 30 heavy (non-hydrogen) atoms. The molecule has 2 aromatic rings. The molecule has 1 N–H and O–H groups in total. The van der Waals surface area contributed by atoms with Crippen LogP contribution in [0.15, 0.2) is 54.1 Å². The van der Waals surface area contributed by atoms with E-state index in [4.69, 9.17) is 4.74 Å². The Hall–Kier alpha value is -3.19. The zero-order valence-electron chi connectivity index (χ0n) is 17.3. The maximum absolute atomic E-state index is 14.0. The number of likely N-dealkylation sites (tertiary alicyclic amines) is 1. The summed E-state index contributed by atoms with van der Waals surface area (Å²) in [7, 11) is 5.33. The van der Waals surface area contributed by atoms with E-state index in [1.165, 1.54) is 30.2 Å². The second kappa shape index (κ2) is 9.09. The van der Waals surface area contributed by atoms with Gasteiger partial charge in [0.25, 0.3) is 11.7 Å². The summed E-state index contributed by atoms with van der Waals surface area (Å²) in [5, 5.41) is 11.0. The first-order chi connectivity index (χ1) is 14.3. The summed E-state index contributed by atoms with van der Waals surface area (Å²) >= 11 is 0. The number of ether oxygens (including phenoxy) is 1. The molecule has 0 aliphatic carbocycles. The van der Waals surface area contributed by atoms with Crippen molar-refractivity contribution >= 4 is 17.4 Å². The molecule has 0 spiro atoms. The van der Waals surface area contributed by atoms with E-state index in [0.29, 0.717) is 29.8 Å². The molecule has 3 rings (SSSR count). The van der Waals surface area contributed by atoms with Gasteiger partial charge in [-0.25, -0.2) is 4.39 Å². The number of Topliss-reactive ketones (excluding diaryl/α,β-unsaturated/α-hetero) is 1. The molecule has 0 radical (unpaired) electrons. The molecule has 1 fully saturated rings. The van der Waals surface area contributed by atoms with Gasteiger partial charge < -0.3 is 19.6 Å². The Bertz CT molecular complexity index is 987. The van der Waals surface area contributed by atoms with Crippen molar-refractivity contribution in [2.45, 2.75) is 12.5 Å². The van der Waals surface area contributed by atoms with Crippen molar-refractivity contribution in [2.75, 3.05) is 34.3 Å². The number of benzene rings is 2. The molecule has 2 aromatic carbocycles. The Labute approximate surface area is 175 Å². The quantitative estimate of drug-likeness (QED) is 0.430. The third kappa shape index (κ3) is 4.36. The van der Waals surface area contributed by atoms with Gasteiger partial charge in [0.2, 0.25) is 0 Å². The van der Waals surface area contributed by atoms with Crippen LogP contribution < -0.4 is 4.74 Å². The predicted octanol–water partition coefficient (Wildman–Crippen LogP) is 3.21. The highest BCUT2D eigenvalue weighted by Gasteiger charge is 2.45. The molecule has 1 atom stereocenters. The molecule has 0 bridgehead atoms. The van der Waals surface area contributed by atoms with Gasteiger partial charge in [-0.2, -0.15) is 0 Å². The van der Waals surface area contributed by atoms with Crippen LogP contribution in [0.3, 0.4) is 0 Å². The first-order valence-electron chi connectivity index (χ1n) is 9.66. The van der Waals surface area contributed by atoms with E-state index in [9.17, 15) is 19.1 Å². The van der Waals surface area contributed by atoms with Gasteiger partial charge in [0.05, 0.1) is 18.7 Å². The standard InChI is InChI=1S/C23H25FN2O4/c1-25(2)11-6-12-26-20(15-7-4-9-17(24)13-15)19(22(28)23(26)29)21(27)16-8-5-10-18(14-16)30-3/h4-5,7-10,13-14,20,27H,6,11-12H2,1-3H3/b21-19+/t20-/m0/s1. The summed E-state index contributed by atoms with van der Waals surface area (Å²) in [6, 6.07) is 11.5. The summed E-state index contributed by atoms with van der Waals surface area (Å²) in [6.45, 7) is 1.02. The Morgan fingerprint density at radius 1 is 1.17 bits per heavy atom. The van der Waals surface area contributed by atoms with Gasteiger partial charge in [-0.05, 0) is 56.9 Å². The van der Waals surface area contributed by atoms with Crippen molar-refractivity contribution in [3.8, 4) is 5.75 Å². The Morgan fingerprint density at radius 3 is 2.57 bits per heavy atom. The molecular weight excluding hydrogens is 387 g/mol. The Morgan fingerprint density at radius 2 is 1.90 bits per heavy atom. The highest BCUT2D eigenvalue weighted by atomic mass is 19.1. The number of amides is 1. The lowest BCUT2D eigenvalue weighted by molar-refractivity contribution is -0.139. The van der Waals surface area contributed by atoms with Crippen LogP contribution in [0.5, 0.6) is 5.75 Å². The largest absolute Gasteiger partial charge is 0.507 e. The van der Waals surface area contributed by atoms with Gasteiger partial charge in [0.1, 0.15) is 17.3 Å². The summed E-state index contributed by atoms with van der Waals surface area (Å²) in [5.41, 5.74) is 0.731. The lowest BCUT2D eigenvalue weighted by atomic mass is 9.95. The number of hydrogen-bond acceptors (Lipinski definition) is 5. The fraction of sp³-hybridized carbons (Fsp3) is 0.304. The van der Waals surface area contributed by atoms with Crippen LogP contribution >= 0.6 is 0 Å². The minimum atomic E-state index is -0.867. The van der Waals surface area contributed by atoms with Crippen molar-refractivity contribution < 1.29 is 23.8 Å².